The standard InChI is InChI=1S/C26H25Cl2F2N3O2/c1-16-2-5-19(27)14-22(16)31-24-21(15-33(13-10-29)26(35)23(24)28)25(34)32-11-8-18(9-12-32)17-3-6-20(30)7-4-17/h2-7,14-15,18,31H,8-13H2,1H3. The number of alkyl halides is 1. The first kappa shape index (κ1) is 25.2. The molecule has 1 N–H and O–H groups in total. The van der Waals surface area contributed by atoms with Gasteiger partial charge in [0.15, 0.2) is 0 Å². The topological polar surface area (TPSA) is 54.3 Å². The number of pyridine rings is 1. The molecular weight excluding hydrogens is 495 g/mol. The summed E-state index contributed by atoms with van der Waals surface area (Å²) in [5.41, 5.74) is 2.25. The number of amides is 1. The third-order valence-corrected chi connectivity index (χ3v) is 6.95. The highest BCUT2D eigenvalue weighted by Crippen LogP contribution is 2.33. The number of carbonyl (C=O) groups is 1. The van der Waals surface area contributed by atoms with Crippen LogP contribution in [0.25, 0.3) is 0 Å². The van der Waals surface area contributed by atoms with Crippen LogP contribution in [0.5, 0.6) is 0 Å². The van der Waals surface area contributed by atoms with Crippen LogP contribution < -0.4 is 10.9 Å². The molecule has 0 bridgehead atoms. The van der Waals surface area contributed by atoms with Crippen molar-refractivity contribution in [3.63, 3.8) is 0 Å². The van der Waals surface area contributed by atoms with Gasteiger partial charge in [-0.2, -0.15) is 0 Å². The van der Waals surface area contributed by atoms with Crippen LogP contribution in [0.15, 0.2) is 53.5 Å². The van der Waals surface area contributed by atoms with Crippen LogP contribution in [0.1, 0.15) is 40.2 Å². The van der Waals surface area contributed by atoms with E-state index in [2.05, 4.69) is 5.32 Å². The highest BCUT2D eigenvalue weighted by atomic mass is 35.5. The zero-order valence-electron chi connectivity index (χ0n) is 19.2. The van der Waals surface area contributed by atoms with E-state index in [0.717, 1.165) is 15.7 Å². The van der Waals surface area contributed by atoms with E-state index in [-0.39, 0.29) is 40.5 Å². The van der Waals surface area contributed by atoms with Gasteiger partial charge >= 0.3 is 0 Å². The maximum absolute atomic E-state index is 13.6. The number of carbonyl (C=O) groups excluding carboxylic acids is 1. The first-order chi connectivity index (χ1) is 16.8. The number of piperidine rings is 1. The van der Waals surface area contributed by atoms with Crippen molar-refractivity contribution in [3.8, 4) is 0 Å². The fraction of sp³-hybridized carbons (Fsp3) is 0.308. The number of hydrogen-bond acceptors (Lipinski definition) is 3. The number of likely N-dealkylation sites (tertiary alicyclic amines) is 1. The molecule has 0 atom stereocenters. The van der Waals surface area contributed by atoms with E-state index in [0.29, 0.717) is 36.6 Å². The van der Waals surface area contributed by atoms with Crippen LogP contribution in [0, 0.1) is 12.7 Å². The lowest BCUT2D eigenvalue weighted by molar-refractivity contribution is 0.0713. The molecule has 1 aliphatic heterocycles. The quantitative estimate of drug-likeness (QED) is 0.413. The number of hydrogen-bond donors (Lipinski definition) is 1. The van der Waals surface area contributed by atoms with Crippen LogP contribution in [0.2, 0.25) is 10.0 Å². The van der Waals surface area contributed by atoms with Crippen molar-refractivity contribution in [1.29, 1.82) is 0 Å². The minimum absolute atomic E-state index is 0.169. The summed E-state index contributed by atoms with van der Waals surface area (Å²) in [4.78, 5) is 28.1. The molecule has 0 unspecified atom stereocenters. The second-order valence-electron chi connectivity index (χ2n) is 8.62. The summed E-state index contributed by atoms with van der Waals surface area (Å²) in [5, 5.41) is 3.41. The molecule has 1 aliphatic rings. The van der Waals surface area contributed by atoms with Gasteiger partial charge < -0.3 is 14.8 Å². The van der Waals surface area contributed by atoms with Gasteiger partial charge in [0.25, 0.3) is 11.5 Å². The lowest BCUT2D eigenvalue weighted by Crippen LogP contribution is -2.39. The second-order valence-corrected chi connectivity index (χ2v) is 9.44. The average molecular weight is 520 g/mol. The third kappa shape index (κ3) is 5.52. The van der Waals surface area contributed by atoms with Crippen molar-refractivity contribution in [2.75, 3.05) is 25.1 Å². The lowest BCUT2D eigenvalue weighted by atomic mass is 9.89. The zero-order chi connectivity index (χ0) is 25.1. The largest absolute Gasteiger partial charge is 0.353 e. The van der Waals surface area contributed by atoms with Crippen LogP contribution in [0.3, 0.4) is 0 Å². The number of rotatable bonds is 6. The van der Waals surface area contributed by atoms with Crippen LogP contribution in [-0.2, 0) is 6.54 Å². The SMILES string of the molecule is Cc1ccc(Cl)cc1Nc1c(C(=O)N2CCC(c3ccc(F)cc3)CC2)cn(CCF)c(=O)c1Cl. The van der Waals surface area contributed by atoms with Gasteiger partial charge in [-0.15, -0.1) is 0 Å². The molecular formula is C26H25Cl2F2N3O2. The number of aromatic nitrogens is 1. The molecule has 5 nitrogen and oxygen atoms in total. The molecule has 1 fully saturated rings. The summed E-state index contributed by atoms with van der Waals surface area (Å²) < 4.78 is 27.5. The Balaban J connectivity index is 1.64. The van der Waals surface area contributed by atoms with Crippen molar-refractivity contribution in [2.24, 2.45) is 0 Å². The molecule has 9 heteroatoms. The van der Waals surface area contributed by atoms with Crippen molar-refractivity contribution in [1.82, 2.24) is 9.47 Å². The van der Waals surface area contributed by atoms with Crippen LogP contribution in [0.4, 0.5) is 20.2 Å². The summed E-state index contributed by atoms with van der Waals surface area (Å²) in [6.07, 6.45) is 2.79. The van der Waals surface area contributed by atoms with Crippen molar-refractivity contribution >= 4 is 40.5 Å². The molecule has 0 saturated carbocycles. The first-order valence-corrected chi connectivity index (χ1v) is 12.1. The van der Waals surface area contributed by atoms with E-state index in [1.54, 1.807) is 29.2 Å². The van der Waals surface area contributed by atoms with E-state index >= 15 is 0 Å². The first-order valence-electron chi connectivity index (χ1n) is 11.3. The number of aryl methyl sites for hydroxylation is 2. The minimum Gasteiger partial charge on any atom is -0.353 e. The molecule has 0 spiro atoms. The van der Waals surface area contributed by atoms with Gasteiger partial charge in [-0.3, -0.25) is 9.59 Å². The number of benzene rings is 2. The highest BCUT2D eigenvalue weighted by Gasteiger charge is 2.28. The normalized spacial score (nSPS) is 14.3. The predicted octanol–water partition coefficient (Wildman–Crippen LogP) is 6.34. The van der Waals surface area contributed by atoms with E-state index in [9.17, 15) is 18.4 Å². The van der Waals surface area contributed by atoms with Crippen molar-refractivity contribution < 1.29 is 13.6 Å². The lowest BCUT2D eigenvalue weighted by Gasteiger charge is -2.33. The summed E-state index contributed by atoms with van der Waals surface area (Å²) in [5.74, 6) is -0.369. The molecule has 0 aliphatic carbocycles. The summed E-state index contributed by atoms with van der Waals surface area (Å²) in [6, 6.07) is 11.7. The van der Waals surface area contributed by atoms with Crippen molar-refractivity contribution in [2.45, 2.75) is 32.2 Å². The van der Waals surface area contributed by atoms with Gasteiger partial charge in [0, 0.05) is 30.0 Å². The summed E-state index contributed by atoms with van der Waals surface area (Å²) in [6.45, 7) is 1.85. The molecule has 1 saturated heterocycles. The zero-order valence-corrected chi connectivity index (χ0v) is 20.7. The predicted molar refractivity (Wildman–Crippen MR) is 135 cm³/mol. The molecule has 35 heavy (non-hydrogen) atoms. The number of nitrogens with one attached hydrogen (secondary N) is 1. The molecule has 1 amide bonds. The number of halogens is 4. The van der Waals surface area contributed by atoms with Gasteiger partial charge in [-0.05, 0) is 61.1 Å². The molecule has 2 aromatic carbocycles. The van der Waals surface area contributed by atoms with Gasteiger partial charge in [-0.1, -0.05) is 41.4 Å². The van der Waals surface area contributed by atoms with Crippen molar-refractivity contribution in [3.05, 3.63) is 91.6 Å². The Morgan fingerprint density at radius 2 is 1.80 bits per heavy atom. The van der Waals surface area contributed by atoms with E-state index < -0.39 is 12.2 Å². The number of nitrogens with zero attached hydrogens (tertiary/aromatic N) is 2. The third-order valence-electron chi connectivity index (χ3n) is 6.36. The Morgan fingerprint density at radius 1 is 1.11 bits per heavy atom. The Labute approximate surface area is 212 Å². The summed E-state index contributed by atoms with van der Waals surface area (Å²) in [7, 11) is 0. The monoisotopic (exact) mass is 519 g/mol. The summed E-state index contributed by atoms with van der Waals surface area (Å²) >= 11 is 12.6. The van der Waals surface area contributed by atoms with E-state index in [1.165, 1.54) is 18.3 Å². The molecule has 2 heterocycles. The maximum atomic E-state index is 13.6. The smallest absolute Gasteiger partial charge is 0.271 e. The van der Waals surface area contributed by atoms with Gasteiger partial charge in [0.1, 0.15) is 17.5 Å². The van der Waals surface area contributed by atoms with Gasteiger partial charge in [0.2, 0.25) is 0 Å². The fourth-order valence-corrected chi connectivity index (χ4v) is 4.79. The number of anilines is 2. The van der Waals surface area contributed by atoms with Crippen LogP contribution >= 0.6 is 23.2 Å². The molecule has 0 radical (unpaired) electrons. The average Bonchev–Trinajstić information content (AvgIpc) is 2.86. The van der Waals surface area contributed by atoms with E-state index in [1.807, 2.05) is 13.0 Å². The molecule has 4 rings (SSSR count). The molecule has 184 valence electrons. The van der Waals surface area contributed by atoms with Crippen LogP contribution in [-0.4, -0.2) is 35.1 Å². The Bertz CT molecular complexity index is 1290. The molecule has 3 aromatic rings. The van der Waals surface area contributed by atoms with Gasteiger partial charge in [-0.25, -0.2) is 8.78 Å². The second kappa shape index (κ2) is 10.8. The fourth-order valence-electron chi connectivity index (χ4n) is 4.36. The minimum atomic E-state index is -0.771. The highest BCUT2D eigenvalue weighted by molar-refractivity contribution is 6.34. The molecule has 1 aromatic heterocycles. The maximum Gasteiger partial charge on any atom is 0.271 e. The Hall–Kier alpha value is -2.90. The Kier molecular flexibility index (Phi) is 7.77. The van der Waals surface area contributed by atoms with E-state index in [4.69, 9.17) is 23.2 Å². The van der Waals surface area contributed by atoms with Gasteiger partial charge in [0.05, 0.1) is 17.8 Å². The Morgan fingerprint density at radius 3 is 2.46 bits per heavy atom.